The quantitative estimate of drug-likeness (QED) is 0.684. The van der Waals surface area contributed by atoms with Crippen molar-refractivity contribution in [3.8, 4) is 6.07 Å². The van der Waals surface area contributed by atoms with Crippen molar-refractivity contribution in [1.82, 2.24) is 14.9 Å². The van der Waals surface area contributed by atoms with Gasteiger partial charge in [-0.05, 0) is 36.5 Å². The van der Waals surface area contributed by atoms with Gasteiger partial charge >= 0.3 is 0 Å². The lowest BCUT2D eigenvalue weighted by Crippen LogP contribution is -2.38. The van der Waals surface area contributed by atoms with Crippen molar-refractivity contribution in [2.24, 2.45) is 0 Å². The SMILES string of the molecule is [2H]c1cc(C([2H])N2C([2H])([2H])C([2H])([2H])C([2H])(N([2H])c3ncnc4c([2H])c(Cl)sc34)C([2H])([2H])C2([2H])[2H])cc(C#N)c1F. The molecule has 8 heteroatoms. The lowest BCUT2D eigenvalue weighted by atomic mass is 10.0. The molecule has 0 saturated carbocycles. The number of hydrogen-bond donors (Lipinski definition) is 1. The minimum Gasteiger partial charge on any atom is -0.366 e. The summed E-state index contributed by atoms with van der Waals surface area (Å²) in [5, 5.41) is 9.04. The van der Waals surface area contributed by atoms with Crippen molar-refractivity contribution < 1.29 is 22.3 Å². The smallest absolute Gasteiger partial charge is 0.162 e. The Morgan fingerprint density at radius 3 is 3.19 bits per heavy atom. The molecule has 0 radical (unpaired) electrons. The molecule has 1 saturated heterocycles. The Labute approximate surface area is 183 Å². The lowest BCUT2D eigenvalue weighted by Gasteiger charge is -2.32. The second-order valence-corrected chi connectivity index (χ2v) is 6.70. The molecule has 4 rings (SSSR count). The molecule has 1 N–H and O–H groups in total. The van der Waals surface area contributed by atoms with Crippen LogP contribution in [0.5, 0.6) is 0 Å². The van der Waals surface area contributed by atoms with Gasteiger partial charge in [-0.25, -0.2) is 14.4 Å². The number of thiophene rings is 1. The molecule has 0 aliphatic carbocycles. The molecule has 138 valence electrons. The maximum absolute atomic E-state index is 14.1. The Hall–Kier alpha value is -2.27. The Balaban J connectivity index is 1.95. The van der Waals surface area contributed by atoms with Gasteiger partial charge in [0.2, 0.25) is 0 Å². The van der Waals surface area contributed by atoms with Crippen molar-refractivity contribution in [1.29, 1.82) is 5.26 Å². The van der Waals surface area contributed by atoms with E-state index in [0.717, 1.165) is 12.4 Å². The van der Waals surface area contributed by atoms with E-state index >= 15 is 0 Å². The third kappa shape index (κ3) is 4.03. The van der Waals surface area contributed by atoms with Crippen LogP contribution < -0.4 is 5.31 Å². The Bertz CT molecular complexity index is 1530. The van der Waals surface area contributed by atoms with Crippen molar-refractivity contribution in [2.75, 3.05) is 18.3 Å². The number of nitrogens with zero attached hydrogens (tertiary/aromatic N) is 4. The minimum atomic E-state index is -3.82. The number of anilines is 1. The van der Waals surface area contributed by atoms with Crippen LogP contribution in [0.15, 0.2) is 30.5 Å². The zero-order valence-corrected chi connectivity index (χ0v) is 14.8. The Morgan fingerprint density at radius 2 is 2.41 bits per heavy atom. The van der Waals surface area contributed by atoms with Crippen LogP contribution in [0.2, 0.25) is 5.75 Å². The largest absolute Gasteiger partial charge is 0.366 e. The lowest BCUT2D eigenvalue weighted by molar-refractivity contribution is 0.211. The summed E-state index contributed by atoms with van der Waals surface area (Å²) in [7, 11) is 0. The fourth-order valence-corrected chi connectivity index (χ4v) is 3.19. The summed E-state index contributed by atoms with van der Waals surface area (Å²) >= 11 is 6.66. The number of halogens is 2. The van der Waals surface area contributed by atoms with E-state index in [4.69, 9.17) is 34.7 Å². The molecule has 1 fully saturated rings. The van der Waals surface area contributed by atoms with Gasteiger partial charge in [0, 0.05) is 37.9 Å². The summed E-state index contributed by atoms with van der Waals surface area (Å²) in [5.74, 6) is -1.90. The first-order chi connectivity index (χ1) is 18.2. The van der Waals surface area contributed by atoms with E-state index in [1.807, 2.05) is 0 Å². The van der Waals surface area contributed by atoms with Crippen molar-refractivity contribution >= 4 is 39.0 Å². The average molecular weight is 415 g/mol. The molecule has 27 heavy (non-hydrogen) atoms. The van der Waals surface area contributed by atoms with Crippen LogP contribution in [0.4, 0.5) is 10.2 Å². The van der Waals surface area contributed by atoms with Crippen LogP contribution in [0.3, 0.4) is 0 Å². The van der Waals surface area contributed by atoms with Gasteiger partial charge < -0.3 is 5.31 Å². The summed E-state index contributed by atoms with van der Waals surface area (Å²) in [6, 6.07) is -2.04. The molecule has 2 aromatic heterocycles. The topological polar surface area (TPSA) is 64.8 Å². The van der Waals surface area contributed by atoms with E-state index in [1.54, 1.807) is 0 Å². The summed E-state index contributed by atoms with van der Waals surface area (Å²) in [5.41, 5.74) is -1.36. The standard InChI is InChI=1S/C19H17ClFN5S/c20-17-8-16-18(27-17)19(24-11-23-16)25-14-3-5-26(6-4-14)10-12-1-2-15(21)13(7-12)9-22/h1-2,7-8,11,14H,3-6,10H2,(H,23,24,25)/i2D,3D2,4D2,5D2,6D2,8D,10D,14D/hD. The molecule has 5 nitrogen and oxygen atoms in total. The van der Waals surface area contributed by atoms with Gasteiger partial charge in [-0.3, -0.25) is 4.90 Å². The van der Waals surface area contributed by atoms with Gasteiger partial charge in [0.15, 0.2) is 1.41 Å². The number of aromatic nitrogens is 2. The highest BCUT2D eigenvalue weighted by Crippen LogP contribution is 2.33. The van der Waals surface area contributed by atoms with Gasteiger partial charge in [0.05, 0.1) is 24.2 Å². The Morgan fingerprint density at radius 1 is 1.59 bits per heavy atom. The highest BCUT2D eigenvalue weighted by atomic mass is 35.5. The molecule has 1 aliphatic rings. The third-order valence-electron chi connectivity index (χ3n) is 3.31. The first-order valence-corrected chi connectivity index (χ1v) is 8.51. The predicted octanol–water partition coefficient (Wildman–Crippen LogP) is 4.43. The van der Waals surface area contributed by atoms with E-state index < -0.39 is 67.1 Å². The molecule has 0 amide bonds. The second kappa shape index (κ2) is 7.77. The predicted molar refractivity (Wildman–Crippen MR) is 105 cm³/mol. The van der Waals surface area contributed by atoms with Crippen LogP contribution in [0, 0.1) is 17.1 Å². The molecule has 0 spiro atoms. The molecule has 3 heterocycles. The van der Waals surface area contributed by atoms with E-state index in [9.17, 15) is 4.39 Å². The average Bonchev–Trinajstić information content (AvgIpc) is 3.16. The normalized spacial score (nSPS) is 32.6. The van der Waals surface area contributed by atoms with Crippen molar-refractivity contribution in [3.05, 3.63) is 51.8 Å². The fourth-order valence-electron chi connectivity index (χ4n) is 2.15. The van der Waals surface area contributed by atoms with Crippen LogP contribution in [-0.2, 0) is 6.52 Å². The summed E-state index contributed by atoms with van der Waals surface area (Å²) < 4.78 is 125. The Kier molecular flexibility index (Phi) is 2.41. The molecule has 0 bridgehead atoms. The second-order valence-electron chi connectivity index (χ2n) is 5.08. The number of fused-ring (bicyclic) bond motifs is 1. The first kappa shape index (κ1) is 8.39. The van der Waals surface area contributed by atoms with E-state index in [2.05, 4.69) is 9.97 Å². The number of rotatable bonds is 4. The number of likely N-dealkylation sites (tertiary alicyclic amines) is 1. The van der Waals surface area contributed by atoms with E-state index in [0.29, 0.717) is 17.4 Å². The number of benzene rings is 1. The van der Waals surface area contributed by atoms with E-state index in [1.165, 1.54) is 6.07 Å². The van der Waals surface area contributed by atoms with Crippen LogP contribution in [0.1, 0.15) is 40.3 Å². The maximum atomic E-state index is 14.1. The summed E-state index contributed by atoms with van der Waals surface area (Å²) in [6.45, 7) is -9.79. The summed E-state index contributed by atoms with van der Waals surface area (Å²) in [4.78, 5) is 7.52. The van der Waals surface area contributed by atoms with Crippen molar-refractivity contribution in [2.45, 2.75) is 25.3 Å². The van der Waals surface area contributed by atoms with Crippen LogP contribution >= 0.6 is 22.9 Å². The third-order valence-corrected chi connectivity index (χ3v) is 4.50. The fraction of sp³-hybridized carbons (Fsp3) is 0.316. The zero-order valence-electron chi connectivity index (χ0n) is 26.2. The van der Waals surface area contributed by atoms with Crippen molar-refractivity contribution in [3.63, 3.8) is 0 Å². The monoisotopic (exact) mass is 414 g/mol. The van der Waals surface area contributed by atoms with Crippen LogP contribution in [0.25, 0.3) is 10.2 Å². The highest BCUT2D eigenvalue weighted by Gasteiger charge is 2.21. The molecular formula is C19H17ClFN5S. The summed E-state index contributed by atoms with van der Waals surface area (Å²) in [6.07, 6.45) is -6.80. The minimum absolute atomic E-state index is 0.113. The van der Waals surface area contributed by atoms with Gasteiger partial charge in [0.25, 0.3) is 0 Å². The van der Waals surface area contributed by atoms with Crippen LogP contribution in [-0.4, -0.2) is 33.9 Å². The maximum Gasteiger partial charge on any atom is 0.162 e. The number of hydrogen-bond acceptors (Lipinski definition) is 6. The van der Waals surface area contributed by atoms with Gasteiger partial charge in [0.1, 0.15) is 24.0 Å². The molecule has 3 aromatic rings. The highest BCUT2D eigenvalue weighted by molar-refractivity contribution is 7.23. The molecule has 1 aromatic carbocycles. The molecule has 1 unspecified atom stereocenters. The number of nitrogens with one attached hydrogen (secondary N) is 1. The number of nitriles is 1. The van der Waals surface area contributed by atoms with Gasteiger partial charge in [-0.1, -0.05) is 17.7 Å². The molecule has 1 atom stereocenters. The molecular weight excluding hydrogens is 385 g/mol. The van der Waals surface area contributed by atoms with Gasteiger partial charge in [-0.15, -0.1) is 11.3 Å². The zero-order chi connectivity index (χ0) is 30.4. The van der Waals surface area contributed by atoms with E-state index in [-0.39, 0.29) is 30.8 Å². The molecule has 1 aliphatic heterocycles. The first-order valence-electron chi connectivity index (χ1n) is 13.8. The number of piperidine rings is 1. The van der Waals surface area contributed by atoms with Gasteiger partial charge in [-0.2, -0.15) is 5.26 Å².